The van der Waals surface area contributed by atoms with Crippen LogP contribution in [-0.2, 0) is 6.54 Å². The van der Waals surface area contributed by atoms with Crippen molar-refractivity contribution in [2.45, 2.75) is 6.54 Å². The lowest BCUT2D eigenvalue weighted by Gasteiger charge is -2.18. The van der Waals surface area contributed by atoms with Gasteiger partial charge in [0.1, 0.15) is 24.0 Å². The Hall–Kier alpha value is -2.63. The summed E-state index contributed by atoms with van der Waals surface area (Å²) in [5, 5.41) is 2.73. The van der Waals surface area contributed by atoms with Gasteiger partial charge in [0.15, 0.2) is 0 Å². The first-order valence-electron chi connectivity index (χ1n) is 7.16. The summed E-state index contributed by atoms with van der Waals surface area (Å²) in [4.78, 5) is 13.4. The summed E-state index contributed by atoms with van der Waals surface area (Å²) < 4.78 is 31.0. The van der Waals surface area contributed by atoms with Gasteiger partial charge in [-0.05, 0) is 42.0 Å². The van der Waals surface area contributed by atoms with Gasteiger partial charge in [-0.1, -0.05) is 12.1 Å². The zero-order valence-corrected chi connectivity index (χ0v) is 12.8. The first-order valence-corrected chi connectivity index (χ1v) is 7.16. The van der Waals surface area contributed by atoms with Crippen LogP contribution in [0.15, 0.2) is 48.5 Å². The molecule has 2 rings (SSSR count). The van der Waals surface area contributed by atoms with Gasteiger partial charge in [-0.25, -0.2) is 13.6 Å². The van der Waals surface area contributed by atoms with E-state index in [2.05, 4.69) is 5.32 Å². The van der Waals surface area contributed by atoms with Gasteiger partial charge in [0, 0.05) is 13.6 Å². The van der Waals surface area contributed by atoms with E-state index in [1.54, 1.807) is 19.2 Å². The van der Waals surface area contributed by atoms with Crippen LogP contribution in [0, 0.1) is 11.6 Å². The second-order valence-corrected chi connectivity index (χ2v) is 5.01. The van der Waals surface area contributed by atoms with Gasteiger partial charge in [-0.3, -0.25) is 0 Å². The highest BCUT2D eigenvalue weighted by Gasteiger charge is 2.08. The Morgan fingerprint density at radius 2 is 1.61 bits per heavy atom. The summed E-state index contributed by atoms with van der Waals surface area (Å²) in [5.41, 5.74) is 0.815. The van der Waals surface area contributed by atoms with E-state index < -0.39 is 0 Å². The molecule has 0 radical (unpaired) electrons. The Balaban J connectivity index is 1.70. The van der Waals surface area contributed by atoms with Gasteiger partial charge in [0.25, 0.3) is 0 Å². The van der Waals surface area contributed by atoms with Crippen molar-refractivity contribution in [2.75, 3.05) is 20.2 Å². The molecule has 2 aromatic carbocycles. The number of nitrogens with one attached hydrogen (secondary N) is 1. The van der Waals surface area contributed by atoms with E-state index in [4.69, 9.17) is 4.74 Å². The van der Waals surface area contributed by atoms with Crippen molar-refractivity contribution in [2.24, 2.45) is 0 Å². The van der Waals surface area contributed by atoms with Gasteiger partial charge in [-0.15, -0.1) is 0 Å². The Bertz CT molecular complexity index is 630. The lowest BCUT2D eigenvalue weighted by Crippen LogP contribution is -2.39. The van der Waals surface area contributed by atoms with Crippen LogP contribution in [0.4, 0.5) is 13.6 Å². The number of hydrogen-bond donors (Lipinski definition) is 1. The fourth-order valence-corrected chi connectivity index (χ4v) is 1.85. The molecule has 0 spiro atoms. The zero-order chi connectivity index (χ0) is 16.7. The summed E-state index contributed by atoms with van der Waals surface area (Å²) in [5.74, 6) is -0.0868. The van der Waals surface area contributed by atoms with Gasteiger partial charge >= 0.3 is 6.03 Å². The van der Waals surface area contributed by atoms with E-state index in [0.29, 0.717) is 25.4 Å². The number of likely N-dealkylation sites (N-methyl/N-ethyl adjacent to an activating group) is 1. The van der Waals surface area contributed by atoms with Crippen LogP contribution in [-0.4, -0.2) is 31.1 Å². The summed E-state index contributed by atoms with van der Waals surface area (Å²) >= 11 is 0. The minimum absolute atomic E-state index is 0.253. The van der Waals surface area contributed by atoms with Crippen LogP contribution in [0.3, 0.4) is 0 Å². The van der Waals surface area contributed by atoms with Crippen molar-refractivity contribution in [3.05, 3.63) is 65.7 Å². The van der Waals surface area contributed by atoms with Crippen LogP contribution in [0.25, 0.3) is 0 Å². The maximum Gasteiger partial charge on any atom is 0.317 e. The van der Waals surface area contributed by atoms with Crippen LogP contribution in [0.1, 0.15) is 5.56 Å². The quantitative estimate of drug-likeness (QED) is 0.888. The van der Waals surface area contributed by atoms with Crippen molar-refractivity contribution >= 4 is 6.03 Å². The van der Waals surface area contributed by atoms with Crippen LogP contribution in [0.5, 0.6) is 5.75 Å². The standard InChI is InChI=1S/C17H18F2N2O2/c1-21(10-11-23-16-8-6-15(19)7-9-16)17(22)20-12-13-2-4-14(18)5-3-13/h2-9H,10-12H2,1H3,(H,20,22). The Labute approximate surface area is 133 Å². The number of hydrogen-bond acceptors (Lipinski definition) is 2. The van der Waals surface area contributed by atoms with Crippen molar-refractivity contribution in [1.82, 2.24) is 10.2 Å². The monoisotopic (exact) mass is 320 g/mol. The topological polar surface area (TPSA) is 41.6 Å². The number of amides is 2. The number of ether oxygens (including phenoxy) is 1. The molecule has 0 atom stereocenters. The fourth-order valence-electron chi connectivity index (χ4n) is 1.85. The molecule has 23 heavy (non-hydrogen) atoms. The lowest BCUT2D eigenvalue weighted by molar-refractivity contribution is 0.195. The average molecular weight is 320 g/mol. The van der Waals surface area contributed by atoms with Gasteiger partial charge in [0.05, 0.1) is 6.54 Å². The molecule has 2 amide bonds. The van der Waals surface area contributed by atoms with E-state index in [0.717, 1.165) is 5.56 Å². The molecule has 0 unspecified atom stereocenters. The van der Waals surface area contributed by atoms with Crippen LogP contribution in [0.2, 0.25) is 0 Å². The molecule has 0 fully saturated rings. The molecule has 0 saturated heterocycles. The summed E-state index contributed by atoms with van der Waals surface area (Å²) in [7, 11) is 1.65. The highest BCUT2D eigenvalue weighted by atomic mass is 19.1. The van der Waals surface area contributed by atoms with E-state index in [1.165, 1.54) is 41.3 Å². The molecule has 0 aliphatic rings. The number of nitrogens with zero attached hydrogens (tertiary/aromatic N) is 1. The normalized spacial score (nSPS) is 10.2. The molecule has 1 N–H and O–H groups in total. The number of benzene rings is 2. The molecule has 0 bridgehead atoms. The number of halogens is 2. The van der Waals surface area contributed by atoms with Gasteiger partial charge in [-0.2, -0.15) is 0 Å². The van der Waals surface area contributed by atoms with E-state index in [9.17, 15) is 13.6 Å². The molecule has 122 valence electrons. The van der Waals surface area contributed by atoms with Crippen molar-refractivity contribution in [3.8, 4) is 5.75 Å². The van der Waals surface area contributed by atoms with Gasteiger partial charge < -0.3 is 15.0 Å². The number of urea groups is 1. The third kappa shape index (κ3) is 5.58. The minimum Gasteiger partial charge on any atom is -0.492 e. The maximum atomic E-state index is 12.8. The van der Waals surface area contributed by atoms with E-state index in [-0.39, 0.29) is 17.7 Å². The minimum atomic E-state index is -0.324. The third-order valence-corrected chi connectivity index (χ3v) is 3.21. The Morgan fingerprint density at radius 1 is 1.04 bits per heavy atom. The number of carbonyl (C=O) groups excluding carboxylic acids is 1. The highest BCUT2D eigenvalue weighted by Crippen LogP contribution is 2.10. The lowest BCUT2D eigenvalue weighted by atomic mass is 10.2. The van der Waals surface area contributed by atoms with Crippen LogP contribution >= 0.6 is 0 Å². The molecule has 0 aliphatic carbocycles. The number of rotatable bonds is 6. The van der Waals surface area contributed by atoms with Gasteiger partial charge in [0.2, 0.25) is 0 Å². The summed E-state index contributed by atoms with van der Waals surface area (Å²) in [6, 6.07) is 11.4. The predicted molar refractivity (Wildman–Crippen MR) is 83.2 cm³/mol. The molecule has 0 aromatic heterocycles. The second kappa shape index (κ2) is 8.12. The molecule has 6 heteroatoms. The maximum absolute atomic E-state index is 12.8. The SMILES string of the molecule is CN(CCOc1ccc(F)cc1)C(=O)NCc1ccc(F)cc1. The molecular formula is C17H18F2N2O2. The van der Waals surface area contributed by atoms with Crippen molar-refractivity contribution in [3.63, 3.8) is 0 Å². The first kappa shape index (κ1) is 16.7. The van der Waals surface area contributed by atoms with Crippen molar-refractivity contribution in [1.29, 1.82) is 0 Å². The highest BCUT2D eigenvalue weighted by molar-refractivity contribution is 5.73. The van der Waals surface area contributed by atoms with Crippen LogP contribution < -0.4 is 10.1 Å². The zero-order valence-electron chi connectivity index (χ0n) is 12.8. The second-order valence-electron chi connectivity index (χ2n) is 5.01. The molecule has 4 nitrogen and oxygen atoms in total. The smallest absolute Gasteiger partial charge is 0.317 e. The van der Waals surface area contributed by atoms with Crippen molar-refractivity contribution < 1.29 is 18.3 Å². The summed E-state index contributed by atoms with van der Waals surface area (Å²) in [6.45, 7) is 1.00. The molecule has 2 aromatic rings. The fraction of sp³-hybridized carbons (Fsp3) is 0.235. The number of carbonyl (C=O) groups is 1. The van der Waals surface area contributed by atoms with E-state index in [1.807, 2.05) is 0 Å². The third-order valence-electron chi connectivity index (χ3n) is 3.21. The first-order chi connectivity index (χ1) is 11.0. The summed E-state index contributed by atoms with van der Waals surface area (Å²) in [6.07, 6.45) is 0. The van der Waals surface area contributed by atoms with E-state index >= 15 is 0 Å². The predicted octanol–water partition coefficient (Wildman–Crippen LogP) is 3.19. The Kier molecular flexibility index (Phi) is 5.91. The molecule has 0 heterocycles. The molecule has 0 aliphatic heterocycles. The molecule has 0 saturated carbocycles. The average Bonchev–Trinajstić information content (AvgIpc) is 2.55. The molecular weight excluding hydrogens is 302 g/mol. The Morgan fingerprint density at radius 3 is 2.22 bits per heavy atom. The largest absolute Gasteiger partial charge is 0.492 e.